The number of anilines is 2. The lowest BCUT2D eigenvalue weighted by atomic mass is 10.1. The second-order valence-corrected chi connectivity index (χ2v) is 11.0. The van der Waals surface area contributed by atoms with Crippen LogP contribution in [0.25, 0.3) is 20.8 Å². The Bertz CT molecular complexity index is 1720. The molecule has 1 amide bonds. The minimum Gasteiger partial charge on any atom is -0.449 e. The number of carbonyl (C=O) groups is 2. The fourth-order valence-electron chi connectivity index (χ4n) is 3.60. The molecular weight excluding hydrogens is 538 g/mol. The van der Waals surface area contributed by atoms with Crippen LogP contribution in [0, 0.1) is 0 Å². The van der Waals surface area contributed by atoms with Gasteiger partial charge in [0.2, 0.25) is 5.95 Å². The number of thiazole rings is 1. The second kappa shape index (κ2) is 11.0. The molecule has 39 heavy (non-hydrogen) atoms. The van der Waals surface area contributed by atoms with Gasteiger partial charge in [-0.25, -0.2) is 32.9 Å². The lowest BCUT2D eigenvalue weighted by Gasteiger charge is -2.15. The summed E-state index contributed by atoms with van der Waals surface area (Å²) in [5.74, 6) is -1.30. The Hall–Kier alpha value is -4.68. The molecule has 2 aromatic heterocycles. The number of benzene rings is 3. The minimum atomic E-state index is -3.92. The molecule has 0 saturated carbocycles. The van der Waals surface area contributed by atoms with Crippen molar-refractivity contribution in [2.24, 2.45) is 0 Å². The fraction of sp³-hybridized carbons (Fsp3) is 0.0741. The number of sulfonamides is 1. The van der Waals surface area contributed by atoms with E-state index < -0.39 is 28.0 Å². The van der Waals surface area contributed by atoms with Gasteiger partial charge in [0, 0.05) is 23.6 Å². The number of amides is 1. The van der Waals surface area contributed by atoms with Crippen molar-refractivity contribution < 1.29 is 22.7 Å². The van der Waals surface area contributed by atoms with Gasteiger partial charge in [-0.1, -0.05) is 30.3 Å². The lowest BCUT2D eigenvalue weighted by molar-refractivity contribution is -0.123. The van der Waals surface area contributed by atoms with Crippen LogP contribution in [0.15, 0.2) is 96.2 Å². The fourth-order valence-corrected chi connectivity index (χ4v) is 5.57. The largest absolute Gasteiger partial charge is 0.449 e. The van der Waals surface area contributed by atoms with Crippen molar-refractivity contribution in [3.05, 3.63) is 96.8 Å². The molecule has 2 heterocycles. The molecule has 10 nitrogen and oxygen atoms in total. The number of fused-ring (bicyclic) bond motifs is 1. The summed E-state index contributed by atoms with van der Waals surface area (Å²) < 4.78 is 33.8. The van der Waals surface area contributed by atoms with Gasteiger partial charge in [0.05, 0.1) is 20.7 Å². The average Bonchev–Trinajstić information content (AvgIpc) is 3.38. The predicted octanol–water partition coefficient (Wildman–Crippen LogP) is 4.74. The third-order valence-electron chi connectivity index (χ3n) is 5.55. The summed E-state index contributed by atoms with van der Waals surface area (Å²) in [6.45, 7) is 1.45. The molecular formula is C27H21N5O5S2. The van der Waals surface area contributed by atoms with Crippen LogP contribution in [-0.2, 0) is 19.6 Å². The third kappa shape index (κ3) is 5.92. The highest BCUT2D eigenvalue weighted by molar-refractivity contribution is 7.92. The topological polar surface area (TPSA) is 140 Å². The maximum absolute atomic E-state index is 13.0. The summed E-state index contributed by atoms with van der Waals surface area (Å²) in [7, 11) is -3.92. The summed E-state index contributed by atoms with van der Waals surface area (Å²) in [5, 5.41) is 3.30. The first-order valence-electron chi connectivity index (χ1n) is 11.7. The highest BCUT2D eigenvalue weighted by Crippen LogP contribution is 2.32. The quantitative estimate of drug-likeness (QED) is 0.260. The molecule has 0 aliphatic rings. The Morgan fingerprint density at radius 3 is 2.33 bits per heavy atom. The van der Waals surface area contributed by atoms with Gasteiger partial charge in [0.25, 0.3) is 15.9 Å². The average molecular weight is 560 g/mol. The van der Waals surface area contributed by atoms with Crippen molar-refractivity contribution in [1.29, 1.82) is 0 Å². The first-order chi connectivity index (χ1) is 18.8. The molecule has 0 saturated heterocycles. The van der Waals surface area contributed by atoms with Crippen molar-refractivity contribution in [2.75, 3.05) is 10.0 Å². The molecule has 12 heteroatoms. The van der Waals surface area contributed by atoms with Gasteiger partial charge in [0.15, 0.2) is 6.10 Å². The van der Waals surface area contributed by atoms with Crippen molar-refractivity contribution >= 4 is 55.1 Å². The van der Waals surface area contributed by atoms with Crippen molar-refractivity contribution in [3.63, 3.8) is 0 Å². The number of rotatable bonds is 8. The summed E-state index contributed by atoms with van der Waals surface area (Å²) >= 11 is 1.46. The number of nitrogens with one attached hydrogen (secondary N) is 2. The first-order valence-corrected chi connectivity index (χ1v) is 14.0. The zero-order valence-electron chi connectivity index (χ0n) is 20.4. The van der Waals surface area contributed by atoms with E-state index in [1.165, 1.54) is 54.9 Å². The summed E-state index contributed by atoms with van der Waals surface area (Å²) in [5.41, 5.74) is 2.06. The molecule has 3 aromatic carbocycles. The first kappa shape index (κ1) is 25.9. The zero-order valence-corrected chi connectivity index (χ0v) is 22.1. The summed E-state index contributed by atoms with van der Waals surface area (Å²) in [4.78, 5) is 38.0. The van der Waals surface area contributed by atoms with Crippen LogP contribution in [0.3, 0.4) is 0 Å². The number of carbonyl (C=O) groups excluding carboxylic acids is 2. The van der Waals surface area contributed by atoms with E-state index in [0.29, 0.717) is 21.8 Å². The zero-order chi connectivity index (χ0) is 27.4. The smallest absolute Gasteiger partial charge is 0.339 e. The van der Waals surface area contributed by atoms with Gasteiger partial charge in [-0.3, -0.25) is 4.79 Å². The van der Waals surface area contributed by atoms with Crippen molar-refractivity contribution in [2.45, 2.75) is 17.9 Å². The third-order valence-corrected chi connectivity index (χ3v) is 7.96. The molecule has 0 fully saturated rings. The molecule has 5 aromatic rings. The van der Waals surface area contributed by atoms with Gasteiger partial charge < -0.3 is 10.1 Å². The molecule has 1 unspecified atom stereocenters. The van der Waals surface area contributed by atoms with Crippen molar-refractivity contribution in [1.82, 2.24) is 15.0 Å². The van der Waals surface area contributed by atoms with Gasteiger partial charge in [-0.15, -0.1) is 11.3 Å². The van der Waals surface area contributed by atoms with Crippen LogP contribution in [0.4, 0.5) is 11.6 Å². The molecule has 0 bridgehead atoms. The molecule has 5 rings (SSSR count). The Morgan fingerprint density at radius 2 is 1.59 bits per heavy atom. The van der Waals surface area contributed by atoms with E-state index in [1.54, 1.807) is 30.3 Å². The number of ether oxygens (including phenoxy) is 1. The Labute approximate surface area is 227 Å². The highest BCUT2D eigenvalue weighted by Gasteiger charge is 2.23. The van der Waals surface area contributed by atoms with Crippen LogP contribution in [0.1, 0.15) is 17.3 Å². The monoisotopic (exact) mass is 559 g/mol. The summed E-state index contributed by atoms with van der Waals surface area (Å²) in [6, 6.07) is 21.7. The maximum Gasteiger partial charge on any atom is 0.339 e. The standard InChI is InChI=1S/C27H21N5O5S2/c1-17(24(33)30-18-11-13-19(14-12-18)39(35,36)32-27-28-15-6-16-29-27)37-26(34)21-8-3-2-7-20(21)25-31-22-9-4-5-10-23(22)38-25/h2-17H,1H3,(H,30,33)(H,28,29,32). The second-order valence-electron chi connectivity index (χ2n) is 8.27. The Balaban J connectivity index is 1.24. The van der Waals surface area contributed by atoms with Crippen LogP contribution in [-0.4, -0.2) is 41.4 Å². The van der Waals surface area contributed by atoms with Crippen LogP contribution >= 0.6 is 11.3 Å². The normalized spacial score (nSPS) is 12.0. The predicted molar refractivity (Wildman–Crippen MR) is 148 cm³/mol. The van der Waals surface area contributed by atoms with E-state index >= 15 is 0 Å². The molecule has 0 aliphatic heterocycles. The number of nitrogens with zero attached hydrogens (tertiary/aromatic N) is 3. The summed E-state index contributed by atoms with van der Waals surface area (Å²) in [6.07, 6.45) is 1.70. The molecule has 196 valence electrons. The Morgan fingerprint density at radius 1 is 0.897 bits per heavy atom. The minimum absolute atomic E-state index is 0.0427. The van der Waals surface area contributed by atoms with Crippen LogP contribution in [0.5, 0.6) is 0 Å². The van der Waals surface area contributed by atoms with Crippen LogP contribution in [0.2, 0.25) is 0 Å². The molecule has 0 aliphatic carbocycles. The van der Waals surface area contributed by atoms with E-state index in [1.807, 2.05) is 24.3 Å². The van der Waals surface area contributed by atoms with Gasteiger partial charge in [-0.05, 0) is 55.5 Å². The van der Waals surface area contributed by atoms with E-state index in [-0.39, 0.29) is 10.8 Å². The van der Waals surface area contributed by atoms with Crippen molar-refractivity contribution in [3.8, 4) is 10.6 Å². The van der Waals surface area contributed by atoms with E-state index in [4.69, 9.17) is 4.74 Å². The Kier molecular flexibility index (Phi) is 7.30. The maximum atomic E-state index is 13.0. The highest BCUT2D eigenvalue weighted by atomic mass is 32.2. The molecule has 0 radical (unpaired) electrons. The number of esters is 1. The van der Waals surface area contributed by atoms with E-state index in [9.17, 15) is 18.0 Å². The van der Waals surface area contributed by atoms with E-state index in [2.05, 4.69) is 25.0 Å². The van der Waals surface area contributed by atoms with Gasteiger partial charge >= 0.3 is 5.97 Å². The molecule has 2 N–H and O–H groups in total. The number of hydrogen-bond acceptors (Lipinski definition) is 9. The van der Waals surface area contributed by atoms with Crippen LogP contribution < -0.4 is 10.0 Å². The SMILES string of the molecule is CC(OC(=O)c1ccccc1-c1nc2ccccc2s1)C(=O)Nc1ccc(S(=O)(=O)Nc2ncccn2)cc1. The molecule has 1 atom stereocenters. The lowest BCUT2D eigenvalue weighted by Crippen LogP contribution is -2.30. The molecule has 0 spiro atoms. The number of aromatic nitrogens is 3. The van der Waals surface area contributed by atoms with Gasteiger partial charge in [0.1, 0.15) is 5.01 Å². The number of hydrogen-bond donors (Lipinski definition) is 2. The number of para-hydroxylation sites is 1. The van der Waals surface area contributed by atoms with E-state index in [0.717, 1.165) is 10.2 Å². The van der Waals surface area contributed by atoms with Gasteiger partial charge in [-0.2, -0.15) is 0 Å².